The molecule has 1 heteroatoms. The molecule has 0 atom stereocenters. The highest BCUT2D eigenvalue weighted by Gasteiger charge is 2.28. The van der Waals surface area contributed by atoms with E-state index >= 15 is 0 Å². The highest BCUT2D eigenvalue weighted by Crippen LogP contribution is 2.39. The summed E-state index contributed by atoms with van der Waals surface area (Å²) in [6, 6.07) is 0. The monoisotopic (exact) mass is 207 g/mol. The minimum absolute atomic E-state index is 0.250. The molecule has 0 radical (unpaired) electrons. The maximum absolute atomic E-state index is 2.31. The fourth-order valence-corrected chi connectivity index (χ4v) is 2.03. The zero-order valence-corrected chi connectivity index (χ0v) is 11.3. The molecule has 0 N–H and O–H groups in total. The van der Waals surface area contributed by atoms with Crippen molar-refractivity contribution in [1.82, 2.24) is 4.90 Å². The lowest BCUT2D eigenvalue weighted by molar-refractivity contribution is 0.378. The standard InChI is InChI=1S/C14H25N/c1-13(2,3)11-8-9-15(7)10-12(11)14(4,5)6/h8-9H,10H2,1-7H3. The van der Waals surface area contributed by atoms with E-state index in [0.717, 1.165) is 6.54 Å². The van der Waals surface area contributed by atoms with Crippen LogP contribution >= 0.6 is 0 Å². The molecule has 1 rings (SSSR count). The predicted octanol–water partition coefficient (Wildman–Crippen LogP) is 3.83. The largest absolute Gasteiger partial charge is 0.376 e. The Morgan fingerprint density at radius 2 is 1.53 bits per heavy atom. The molecule has 86 valence electrons. The molecule has 15 heavy (non-hydrogen) atoms. The van der Waals surface area contributed by atoms with E-state index in [1.807, 2.05) is 0 Å². The van der Waals surface area contributed by atoms with E-state index in [9.17, 15) is 0 Å². The van der Waals surface area contributed by atoms with E-state index in [4.69, 9.17) is 0 Å². The van der Waals surface area contributed by atoms with Gasteiger partial charge in [-0.25, -0.2) is 0 Å². The summed E-state index contributed by atoms with van der Waals surface area (Å²) < 4.78 is 0. The SMILES string of the molecule is CN1C=CC(C(C)(C)C)=C(C(C)(C)C)C1. The minimum Gasteiger partial charge on any atom is -0.376 e. The molecule has 0 saturated heterocycles. The zero-order valence-electron chi connectivity index (χ0n) is 11.3. The van der Waals surface area contributed by atoms with Crippen molar-refractivity contribution in [3.63, 3.8) is 0 Å². The first-order chi connectivity index (χ1) is 6.62. The molecule has 1 aliphatic rings. The summed E-state index contributed by atoms with van der Waals surface area (Å²) in [6.07, 6.45) is 4.47. The van der Waals surface area contributed by atoms with Crippen molar-refractivity contribution in [3.8, 4) is 0 Å². The van der Waals surface area contributed by atoms with Crippen molar-refractivity contribution in [1.29, 1.82) is 0 Å². The van der Waals surface area contributed by atoms with Gasteiger partial charge in [0.1, 0.15) is 0 Å². The molecule has 0 unspecified atom stereocenters. The number of rotatable bonds is 0. The second-order valence-electron chi connectivity index (χ2n) is 6.62. The summed E-state index contributed by atoms with van der Waals surface area (Å²) in [5.74, 6) is 0. The van der Waals surface area contributed by atoms with Crippen LogP contribution in [0.15, 0.2) is 23.4 Å². The number of likely N-dealkylation sites (N-methyl/N-ethyl adjacent to an activating group) is 1. The van der Waals surface area contributed by atoms with Crippen molar-refractivity contribution in [3.05, 3.63) is 23.4 Å². The van der Waals surface area contributed by atoms with Crippen LogP contribution in [-0.4, -0.2) is 18.5 Å². The molecule has 0 fully saturated rings. The van der Waals surface area contributed by atoms with Gasteiger partial charge in [-0.05, 0) is 34.3 Å². The number of hydrogen-bond donors (Lipinski definition) is 0. The van der Waals surface area contributed by atoms with E-state index < -0.39 is 0 Å². The van der Waals surface area contributed by atoms with Gasteiger partial charge < -0.3 is 4.90 Å². The van der Waals surface area contributed by atoms with Crippen molar-refractivity contribution in [2.75, 3.05) is 13.6 Å². The lowest BCUT2D eigenvalue weighted by Gasteiger charge is -2.37. The Balaban J connectivity index is 3.21. The molecule has 0 aromatic rings. The molecule has 0 aromatic carbocycles. The third kappa shape index (κ3) is 2.87. The highest BCUT2D eigenvalue weighted by molar-refractivity contribution is 5.37. The second kappa shape index (κ2) is 3.70. The normalized spacial score (nSPS) is 18.7. The summed E-state index contributed by atoms with van der Waals surface area (Å²) in [5, 5.41) is 0. The molecule has 0 amide bonds. The fraction of sp³-hybridized carbons (Fsp3) is 0.714. The first-order valence-electron chi connectivity index (χ1n) is 5.75. The molecule has 0 aliphatic carbocycles. The van der Waals surface area contributed by atoms with Crippen LogP contribution in [-0.2, 0) is 0 Å². The average Bonchev–Trinajstić information content (AvgIpc) is 2.00. The Kier molecular flexibility index (Phi) is 3.04. The molecule has 0 saturated carbocycles. The third-order valence-electron chi connectivity index (χ3n) is 2.94. The Hall–Kier alpha value is -0.720. The van der Waals surface area contributed by atoms with Gasteiger partial charge in [0.25, 0.3) is 0 Å². The van der Waals surface area contributed by atoms with Crippen molar-refractivity contribution >= 4 is 0 Å². The van der Waals surface area contributed by atoms with Crippen LogP contribution in [0.4, 0.5) is 0 Å². The summed E-state index contributed by atoms with van der Waals surface area (Å²) in [4.78, 5) is 2.26. The highest BCUT2D eigenvalue weighted by atomic mass is 15.1. The average molecular weight is 207 g/mol. The summed E-state index contributed by atoms with van der Waals surface area (Å²) >= 11 is 0. The van der Waals surface area contributed by atoms with Crippen LogP contribution in [0.2, 0.25) is 0 Å². The first kappa shape index (κ1) is 12.4. The quantitative estimate of drug-likeness (QED) is 0.583. The van der Waals surface area contributed by atoms with Crippen molar-refractivity contribution in [2.24, 2.45) is 10.8 Å². The Bertz CT molecular complexity index is 294. The van der Waals surface area contributed by atoms with E-state index in [1.54, 1.807) is 5.57 Å². The van der Waals surface area contributed by atoms with Gasteiger partial charge in [0.2, 0.25) is 0 Å². The number of allylic oxidation sites excluding steroid dienone is 2. The second-order valence-corrected chi connectivity index (χ2v) is 6.62. The van der Waals surface area contributed by atoms with Gasteiger partial charge in [0.05, 0.1) is 0 Å². The zero-order chi connectivity index (χ0) is 11.9. The molecule has 0 spiro atoms. The Morgan fingerprint density at radius 3 is 1.93 bits per heavy atom. The number of hydrogen-bond acceptors (Lipinski definition) is 1. The van der Waals surface area contributed by atoms with Crippen LogP contribution in [0.25, 0.3) is 0 Å². The number of nitrogens with zero attached hydrogens (tertiary/aromatic N) is 1. The van der Waals surface area contributed by atoms with E-state index in [1.165, 1.54) is 5.57 Å². The van der Waals surface area contributed by atoms with Gasteiger partial charge in [0.15, 0.2) is 0 Å². The van der Waals surface area contributed by atoms with Crippen LogP contribution in [0, 0.1) is 10.8 Å². The molecule has 1 nitrogen and oxygen atoms in total. The van der Waals surface area contributed by atoms with Gasteiger partial charge in [-0.3, -0.25) is 0 Å². The van der Waals surface area contributed by atoms with E-state index in [2.05, 4.69) is 65.8 Å². The minimum atomic E-state index is 0.250. The molecular weight excluding hydrogens is 182 g/mol. The lowest BCUT2D eigenvalue weighted by atomic mass is 9.74. The van der Waals surface area contributed by atoms with Crippen LogP contribution in [0.5, 0.6) is 0 Å². The van der Waals surface area contributed by atoms with Crippen molar-refractivity contribution in [2.45, 2.75) is 41.5 Å². The molecular formula is C14H25N. The van der Waals surface area contributed by atoms with Gasteiger partial charge in [-0.1, -0.05) is 41.5 Å². The summed E-state index contributed by atoms with van der Waals surface area (Å²) in [6.45, 7) is 14.9. The van der Waals surface area contributed by atoms with Crippen molar-refractivity contribution < 1.29 is 0 Å². The maximum atomic E-state index is 2.31. The molecule has 0 aromatic heterocycles. The third-order valence-corrected chi connectivity index (χ3v) is 2.94. The topological polar surface area (TPSA) is 3.24 Å². The Morgan fingerprint density at radius 1 is 1.00 bits per heavy atom. The van der Waals surface area contributed by atoms with Gasteiger partial charge in [0, 0.05) is 13.6 Å². The van der Waals surface area contributed by atoms with E-state index in [-0.39, 0.29) is 10.8 Å². The summed E-state index contributed by atoms with van der Waals surface area (Å²) in [5.41, 5.74) is 3.59. The molecule has 1 aliphatic heterocycles. The lowest BCUT2D eigenvalue weighted by Crippen LogP contribution is -2.29. The van der Waals surface area contributed by atoms with Crippen LogP contribution < -0.4 is 0 Å². The molecule has 0 bridgehead atoms. The Labute approximate surface area is 94.9 Å². The fourth-order valence-electron chi connectivity index (χ4n) is 2.03. The maximum Gasteiger partial charge on any atom is 0.0391 e. The molecule has 1 heterocycles. The van der Waals surface area contributed by atoms with Gasteiger partial charge in [-0.2, -0.15) is 0 Å². The summed E-state index contributed by atoms with van der Waals surface area (Å²) in [7, 11) is 2.14. The van der Waals surface area contributed by atoms with E-state index in [0.29, 0.717) is 0 Å². The van der Waals surface area contributed by atoms with Crippen LogP contribution in [0.3, 0.4) is 0 Å². The van der Waals surface area contributed by atoms with Crippen LogP contribution in [0.1, 0.15) is 41.5 Å². The smallest absolute Gasteiger partial charge is 0.0391 e. The van der Waals surface area contributed by atoms with Gasteiger partial charge >= 0.3 is 0 Å². The van der Waals surface area contributed by atoms with Gasteiger partial charge in [-0.15, -0.1) is 0 Å². The predicted molar refractivity (Wildman–Crippen MR) is 67.7 cm³/mol. The first-order valence-corrected chi connectivity index (χ1v) is 5.75.